The second-order valence-corrected chi connectivity index (χ2v) is 4.12. The minimum absolute atomic E-state index is 0.0359. The lowest BCUT2D eigenvalue weighted by molar-refractivity contribution is -0.117. The molecule has 2 nitrogen and oxygen atoms in total. The fourth-order valence-electron chi connectivity index (χ4n) is 2.33. The molecule has 0 heterocycles. The van der Waals surface area contributed by atoms with Crippen LogP contribution in [0.3, 0.4) is 0 Å². The summed E-state index contributed by atoms with van der Waals surface area (Å²) >= 11 is 0. The predicted molar refractivity (Wildman–Crippen MR) is 62.6 cm³/mol. The lowest BCUT2D eigenvalue weighted by Gasteiger charge is -2.09. The molecule has 1 atom stereocenters. The third kappa shape index (κ3) is 1.60. The summed E-state index contributed by atoms with van der Waals surface area (Å²) < 4.78 is 0. The molecule has 0 spiro atoms. The zero-order valence-corrected chi connectivity index (χ0v) is 9.49. The molecule has 16 heavy (non-hydrogen) atoms. The quantitative estimate of drug-likeness (QED) is 0.709. The topological polar surface area (TPSA) is 34.1 Å². The first-order valence-corrected chi connectivity index (χ1v) is 5.44. The van der Waals surface area contributed by atoms with Crippen LogP contribution in [0.1, 0.15) is 42.1 Å². The van der Waals surface area contributed by atoms with Crippen LogP contribution in [0.25, 0.3) is 0 Å². The summed E-state index contributed by atoms with van der Waals surface area (Å²) in [5.74, 6) is 0.157. The van der Waals surface area contributed by atoms with Gasteiger partial charge < -0.3 is 0 Å². The molecule has 0 amide bonds. The molecule has 0 N–H and O–H groups in total. The van der Waals surface area contributed by atoms with Gasteiger partial charge in [0.1, 0.15) is 5.78 Å². The van der Waals surface area contributed by atoms with E-state index >= 15 is 0 Å². The van der Waals surface area contributed by atoms with Crippen molar-refractivity contribution in [3.63, 3.8) is 0 Å². The molecule has 2 heteroatoms. The van der Waals surface area contributed by atoms with Crippen molar-refractivity contribution in [1.29, 1.82) is 0 Å². The van der Waals surface area contributed by atoms with Crippen LogP contribution in [0.4, 0.5) is 0 Å². The van der Waals surface area contributed by atoms with Gasteiger partial charge in [0, 0.05) is 23.5 Å². The Bertz CT molecular complexity index is 483. The van der Waals surface area contributed by atoms with Gasteiger partial charge >= 0.3 is 0 Å². The van der Waals surface area contributed by atoms with E-state index in [-0.39, 0.29) is 17.5 Å². The Morgan fingerprint density at radius 1 is 1.38 bits per heavy atom. The van der Waals surface area contributed by atoms with Crippen molar-refractivity contribution in [2.45, 2.75) is 26.2 Å². The highest BCUT2D eigenvalue weighted by molar-refractivity contribution is 6.14. The molecular weight excluding hydrogens is 200 g/mol. The van der Waals surface area contributed by atoms with Crippen molar-refractivity contribution in [1.82, 2.24) is 0 Å². The van der Waals surface area contributed by atoms with E-state index in [1.165, 1.54) is 0 Å². The van der Waals surface area contributed by atoms with Crippen LogP contribution in [0.2, 0.25) is 0 Å². The predicted octanol–water partition coefficient (Wildman–Crippen LogP) is 2.89. The van der Waals surface area contributed by atoms with E-state index in [9.17, 15) is 9.59 Å². The molecule has 0 saturated heterocycles. The smallest absolute Gasteiger partial charge is 0.189 e. The molecule has 0 fully saturated rings. The van der Waals surface area contributed by atoms with Gasteiger partial charge in [-0.3, -0.25) is 9.59 Å². The minimum atomic E-state index is -0.0359. The number of ketones is 2. The molecular formula is C14H14O2. The Kier molecular flexibility index (Phi) is 2.73. The van der Waals surface area contributed by atoms with Crippen molar-refractivity contribution in [3.05, 3.63) is 47.0 Å². The molecule has 1 aliphatic carbocycles. The van der Waals surface area contributed by atoms with E-state index in [0.717, 1.165) is 16.7 Å². The Labute approximate surface area is 95.0 Å². The van der Waals surface area contributed by atoms with E-state index < -0.39 is 0 Å². The Hall–Kier alpha value is -1.70. The van der Waals surface area contributed by atoms with Crippen LogP contribution in [0, 0.1) is 0 Å². The molecule has 2 rings (SSSR count). The van der Waals surface area contributed by atoms with Crippen LogP contribution in [0.5, 0.6) is 0 Å². The normalized spacial score (nSPS) is 21.2. The molecule has 1 unspecified atom stereocenters. The molecule has 0 saturated carbocycles. The molecule has 0 radical (unpaired) electrons. The van der Waals surface area contributed by atoms with Gasteiger partial charge in [-0.25, -0.2) is 0 Å². The Morgan fingerprint density at radius 3 is 2.69 bits per heavy atom. The van der Waals surface area contributed by atoms with Gasteiger partial charge in [-0.2, -0.15) is 0 Å². The number of fused-ring (bicyclic) bond motifs is 1. The van der Waals surface area contributed by atoms with Crippen LogP contribution in [-0.4, -0.2) is 11.6 Å². The zero-order valence-electron chi connectivity index (χ0n) is 9.49. The number of Topliss-reactive ketones (excluding diaryl/α,β-unsaturated/α-hetero) is 2. The molecule has 0 bridgehead atoms. The number of hydrogen-bond acceptors (Lipinski definition) is 2. The second kappa shape index (κ2) is 4.05. The van der Waals surface area contributed by atoms with Crippen molar-refractivity contribution < 1.29 is 9.59 Å². The minimum Gasteiger partial charge on any atom is -0.300 e. The maximum absolute atomic E-state index is 12.0. The summed E-state index contributed by atoms with van der Waals surface area (Å²) in [4.78, 5) is 23.3. The fraction of sp³-hybridized carbons (Fsp3) is 0.286. The van der Waals surface area contributed by atoms with E-state index in [0.29, 0.717) is 6.42 Å². The van der Waals surface area contributed by atoms with Gasteiger partial charge in [0.25, 0.3) is 0 Å². The number of hydrogen-bond donors (Lipinski definition) is 0. The first kappa shape index (κ1) is 10.8. The van der Waals surface area contributed by atoms with Gasteiger partial charge in [0.2, 0.25) is 0 Å². The van der Waals surface area contributed by atoms with Crippen LogP contribution < -0.4 is 0 Å². The van der Waals surface area contributed by atoms with E-state index in [1.54, 1.807) is 6.92 Å². The molecule has 0 aliphatic heterocycles. The molecule has 1 aromatic carbocycles. The number of allylic oxidation sites excluding steroid dienone is 2. The SMILES string of the molecule is C/C=C1\C(=O)c2ccccc2C1CC(C)=O. The monoisotopic (exact) mass is 214 g/mol. The first-order chi connectivity index (χ1) is 7.65. The Balaban J connectivity index is 2.51. The highest BCUT2D eigenvalue weighted by Crippen LogP contribution is 2.39. The van der Waals surface area contributed by atoms with Gasteiger partial charge in [0.05, 0.1) is 0 Å². The average Bonchev–Trinajstić information content (AvgIpc) is 2.52. The maximum atomic E-state index is 12.0. The summed E-state index contributed by atoms with van der Waals surface area (Å²) in [5, 5.41) is 0. The van der Waals surface area contributed by atoms with Crippen molar-refractivity contribution in [2.75, 3.05) is 0 Å². The molecule has 1 aromatic rings. The van der Waals surface area contributed by atoms with Crippen molar-refractivity contribution >= 4 is 11.6 Å². The van der Waals surface area contributed by atoms with Gasteiger partial charge in [0.15, 0.2) is 5.78 Å². The number of carbonyl (C=O) groups excluding carboxylic acids is 2. The van der Waals surface area contributed by atoms with Gasteiger partial charge in [-0.05, 0) is 19.4 Å². The lowest BCUT2D eigenvalue weighted by atomic mass is 9.92. The summed E-state index contributed by atoms with van der Waals surface area (Å²) in [6.45, 7) is 3.42. The third-order valence-electron chi connectivity index (χ3n) is 3.02. The maximum Gasteiger partial charge on any atom is 0.189 e. The standard InChI is InChI=1S/C14H14O2/c1-3-10-13(8-9(2)15)11-6-4-5-7-12(11)14(10)16/h3-7,13H,8H2,1-2H3/b10-3-. The second-order valence-electron chi connectivity index (χ2n) is 4.12. The fourth-order valence-corrected chi connectivity index (χ4v) is 2.33. The van der Waals surface area contributed by atoms with Crippen LogP contribution in [0.15, 0.2) is 35.9 Å². The van der Waals surface area contributed by atoms with Gasteiger partial charge in [-0.1, -0.05) is 30.3 Å². The largest absolute Gasteiger partial charge is 0.300 e. The highest BCUT2D eigenvalue weighted by atomic mass is 16.1. The van der Waals surface area contributed by atoms with Crippen molar-refractivity contribution in [3.8, 4) is 0 Å². The van der Waals surface area contributed by atoms with E-state index in [4.69, 9.17) is 0 Å². The Morgan fingerprint density at radius 2 is 2.06 bits per heavy atom. The van der Waals surface area contributed by atoms with Gasteiger partial charge in [-0.15, -0.1) is 0 Å². The van der Waals surface area contributed by atoms with Crippen molar-refractivity contribution in [2.24, 2.45) is 0 Å². The van der Waals surface area contributed by atoms with Crippen LogP contribution >= 0.6 is 0 Å². The third-order valence-corrected chi connectivity index (χ3v) is 3.02. The first-order valence-electron chi connectivity index (χ1n) is 5.44. The average molecular weight is 214 g/mol. The summed E-state index contributed by atoms with van der Waals surface area (Å²) in [6, 6.07) is 7.55. The number of rotatable bonds is 2. The molecule has 0 aromatic heterocycles. The molecule has 1 aliphatic rings. The van der Waals surface area contributed by atoms with E-state index in [2.05, 4.69) is 0 Å². The molecule has 82 valence electrons. The zero-order chi connectivity index (χ0) is 11.7. The lowest BCUT2D eigenvalue weighted by Crippen LogP contribution is -2.04. The number of benzene rings is 1. The number of carbonyl (C=O) groups is 2. The van der Waals surface area contributed by atoms with E-state index in [1.807, 2.05) is 37.3 Å². The summed E-state index contributed by atoms with van der Waals surface area (Å²) in [5.41, 5.74) is 2.51. The highest BCUT2D eigenvalue weighted by Gasteiger charge is 2.33. The van der Waals surface area contributed by atoms with Crippen LogP contribution in [-0.2, 0) is 4.79 Å². The summed E-state index contributed by atoms with van der Waals surface area (Å²) in [7, 11) is 0. The summed E-state index contributed by atoms with van der Waals surface area (Å²) in [6.07, 6.45) is 2.25.